The van der Waals surface area contributed by atoms with Gasteiger partial charge in [-0.1, -0.05) is 12.1 Å². The van der Waals surface area contributed by atoms with Crippen molar-refractivity contribution in [3.63, 3.8) is 0 Å². The Kier molecular flexibility index (Phi) is 4.75. The number of hydrogen-bond acceptors (Lipinski definition) is 6. The average Bonchev–Trinajstić information content (AvgIpc) is 3.33. The number of halogens is 2. The topological polar surface area (TPSA) is 113 Å². The predicted octanol–water partition coefficient (Wildman–Crippen LogP) is 2.74. The van der Waals surface area contributed by atoms with E-state index in [2.05, 4.69) is 19.9 Å². The molecule has 4 aromatic rings. The first-order valence-corrected chi connectivity index (χ1v) is 8.72. The van der Waals surface area contributed by atoms with Gasteiger partial charge < -0.3 is 14.7 Å². The van der Waals surface area contributed by atoms with Gasteiger partial charge in [0.15, 0.2) is 0 Å². The number of carbonyl (C=O) groups is 1. The van der Waals surface area contributed by atoms with E-state index >= 15 is 0 Å². The van der Waals surface area contributed by atoms with Crippen molar-refractivity contribution in [3.8, 4) is 11.6 Å². The predicted molar refractivity (Wildman–Crippen MR) is 99.3 cm³/mol. The Hall–Kier alpha value is -3.69. The summed E-state index contributed by atoms with van der Waals surface area (Å²) in [6.07, 6.45) is 1.95. The highest BCUT2D eigenvalue weighted by atomic mass is 19.3. The van der Waals surface area contributed by atoms with Gasteiger partial charge >= 0.3 is 0 Å². The van der Waals surface area contributed by atoms with Crippen LogP contribution >= 0.6 is 0 Å². The molecular weight excluding hydrogens is 382 g/mol. The quantitative estimate of drug-likeness (QED) is 0.534. The minimum Gasteiger partial charge on any atom is -0.443 e. The van der Waals surface area contributed by atoms with Crippen molar-refractivity contribution in [2.24, 2.45) is 5.73 Å². The summed E-state index contributed by atoms with van der Waals surface area (Å²) in [5.41, 5.74) is 8.51. The highest BCUT2D eigenvalue weighted by Gasteiger charge is 2.20. The first kappa shape index (κ1) is 18.7. The van der Waals surface area contributed by atoms with Gasteiger partial charge in [-0.15, -0.1) is 0 Å². The van der Waals surface area contributed by atoms with E-state index in [1.54, 1.807) is 25.1 Å². The number of aryl methyl sites for hydroxylation is 1. The standard InChI is InChI=1S/C19H16F2N6O2/c1-10-15(19-23-5-6-29-19)26-12(17(25-10)18(22)28)7-11-3-2-4-13-16(11)24-9-27(13)8-14(20)21/h2-6,9,14H,7-8H2,1H3,(H2,22,28). The maximum Gasteiger partial charge on any atom is 0.269 e. The molecule has 29 heavy (non-hydrogen) atoms. The summed E-state index contributed by atoms with van der Waals surface area (Å²) in [6.45, 7) is 1.22. The molecule has 2 N–H and O–H groups in total. The number of alkyl halides is 2. The van der Waals surface area contributed by atoms with Crippen LogP contribution < -0.4 is 5.73 Å². The van der Waals surface area contributed by atoms with Crippen LogP contribution in [0.5, 0.6) is 0 Å². The number of primary amides is 1. The molecule has 0 saturated heterocycles. The second kappa shape index (κ2) is 7.38. The number of nitrogens with two attached hydrogens (primary N) is 1. The van der Waals surface area contributed by atoms with Crippen LogP contribution in [-0.2, 0) is 13.0 Å². The number of fused-ring (bicyclic) bond motifs is 1. The maximum atomic E-state index is 12.8. The second-order valence-corrected chi connectivity index (χ2v) is 6.40. The monoisotopic (exact) mass is 398 g/mol. The van der Waals surface area contributed by atoms with Gasteiger partial charge in [-0.2, -0.15) is 0 Å². The number of oxazole rings is 1. The Morgan fingerprint density at radius 3 is 2.79 bits per heavy atom. The molecule has 4 rings (SSSR count). The summed E-state index contributed by atoms with van der Waals surface area (Å²) in [5, 5.41) is 0. The lowest BCUT2D eigenvalue weighted by atomic mass is 10.1. The Bertz CT molecular complexity index is 1190. The molecule has 8 nitrogen and oxygen atoms in total. The molecule has 0 aliphatic rings. The number of para-hydroxylation sites is 1. The number of aromatic nitrogens is 5. The van der Waals surface area contributed by atoms with Crippen LogP contribution in [0.25, 0.3) is 22.6 Å². The summed E-state index contributed by atoms with van der Waals surface area (Å²) in [5.74, 6) is -0.448. The largest absolute Gasteiger partial charge is 0.443 e. The van der Waals surface area contributed by atoms with E-state index in [0.717, 1.165) is 0 Å². The zero-order valence-corrected chi connectivity index (χ0v) is 15.3. The molecule has 0 radical (unpaired) electrons. The normalized spacial score (nSPS) is 11.4. The number of benzene rings is 1. The van der Waals surface area contributed by atoms with Crippen molar-refractivity contribution in [1.29, 1.82) is 0 Å². The van der Waals surface area contributed by atoms with Gasteiger partial charge in [0.25, 0.3) is 12.3 Å². The van der Waals surface area contributed by atoms with Crippen molar-refractivity contribution in [3.05, 3.63) is 59.6 Å². The fourth-order valence-corrected chi connectivity index (χ4v) is 3.18. The molecule has 3 aromatic heterocycles. The summed E-state index contributed by atoms with van der Waals surface area (Å²) in [7, 11) is 0. The molecule has 0 saturated carbocycles. The van der Waals surface area contributed by atoms with Gasteiger partial charge in [0.2, 0.25) is 5.89 Å². The van der Waals surface area contributed by atoms with E-state index < -0.39 is 18.9 Å². The number of nitrogens with zero attached hydrogens (tertiary/aromatic N) is 5. The number of imidazole rings is 1. The lowest BCUT2D eigenvalue weighted by Crippen LogP contribution is -2.19. The molecule has 10 heteroatoms. The number of carbonyl (C=O) groups excluding carboxylic acids is 1. The Morgan fingerprint density at radius 1 is 1.28 bits per heavy atom. The molecule has 3 heterocycles. The minimum absolute atomic E-state index is 0.0295. The van der Waals surface area contributed by atoms with E-state index in [1.807, 2.05) is 0 Å². The third-order valence-corrected chi connectivity index (χ3v) is 4.44. The molecule has 0 atom stereocenters. The minimum atomic E-state index is -2.50. The molecular formula is C19H16F2N6O2. The van der Waals surface area contributed by atoms with Crippen LogP contribution in [0.2, 0.25) is 0 Å². The van der Waals surface area contributed by atoms with Crippen molar-refractivity contribution < 1.29 is 18.0 Å². The lowest BCUT2D eigenvalue weighted by molar-refractivity contribution is 0.0994. The van der Waals surface area contributed by atoms with Crippen LogP contribution in [0.15, 0.2) is 41.4 Å². The highest BCUT2D eigenvalue weighted by Crippen LogP contribution is 2.24. The Labute approximate surface area is 163 Å². The molecule has 0 unspecified atom stereocenters. The molecule has 148 valence electrons. The van der Waals surface area contributed by atoms with E-state index in [1.165, 1.54) is 23.4 Å². The fourth-order valence-electron chi connectivity index (χ4n) is 3.18. The van der Waals surface area contributed by atoms with E-state index in [0.29, 0.717) is 33.7 Å². The van der Waals surface area contributed by atoms with Crippen LogP contribution in [0.1, 0.15) is 27.4 Å². The molecule has 1 amide bonds. The number of hydrogen-bond donors (Lipinski definition) is 1. The van der Waals surface area contributed by atoms with Gasteiger partial charge in [-0.05, 0) is 18.6 Å². The molecule has 1 aromatic carbocycles. The number of amides is 1. The zero-order chi connectivity index (χ0) is 20.5. The Morgan fingerprint density at radius 2 is 2.10 bits per heavy atom. The van der Waals surface area contributed by atoms with Gasteiger partial charge in [0.1, 0.15) is 17.7 Å². The first-order chi connectivity index (χ1) is 13.9. The third kappa shape index (κ3) is 3.56. The van der Waals surface area contributed by atoms with Crippen molar-refractivity contribution in [2.75, 3.05) is 0 Å². The summed E-state index contributed by atoms with van der Waals surface area (Å²) in [6, 6.07) is 5.24. The van der Waals surface area contributed by atoms with E-state index in [4.69, 9.17) is 10.2 Å². The smallest absolute Gasteiger partial charge is 0.269 e. The Balaban J connectivity index is 1.80. The maximum absolute atomic E-state index is 12.8. The lowest BCUT2D eigenvalue weighted by Gasteiger charge is -2.10. The van der Waals surface area contributed by atoms with Gasteiger partial charge in [0, 0.05) is 6.42 Å². The van der Waals surface area contributed by atoms with Crippen molar-refractivity contribution in [2.45, 2.75) is 26.3 Å². The molecule has 0 aliphatic carbocycles. The van der Waals surface area contributed by atoms with E-state index in [9.17, 15) is 13.6 Å². The van der Waals surface area contributed by atoms with Gasteiger partial charge in [-0.25, -0.2) is 28.7 Å². The summed E-state index contributed by atoms with van der Waals surface area (Å²) in [4.78, 5) is 29.1. The second-order valence-electron chi connectivity index (χ2n) is 6.40. The summed E-state index contributed by atoms with van der Waals surface area (Å²) < 4.78 is 32.3. The molecule has 0 spiro atoms. The van der Waals surface area contributed by atoms with Crippen LogP contribution in [0.3, 0.4) is 0 Å². The van der Waals surface area contributed by atoms with Gasteiger partial charge in [0.05, 0.1) is 41.5 Å². The number of rotatable bonds is 6. The van der Waals surface area contributed by atoms with Gasteiger partial charge in [-0.3, -0.25) is 4.79 Å². The molecule has 0 fully saturated rings. The fraction of sp³-hybridized carbons (Fsp3) is 0.211. The van der Waals surface area contributed by atoms with Crippen LogP contribution in [0, 0.1) is 6.92 Å². The van der Waals surface area contributed by atoms with Crippen molar-refractivity contribution in [1.82, 2.24) is 24.5 Å². The average molecular weight is 398 g/mol. The SMILES string of the molecule is Cc1nc(C(N)=O)c(Cc2cccc3c2ncn3CC(F)F)nc1-c1ncco1. The highest BCUT2D eigenvalue weighted by molar-refractivity contribution is 5.92. The van der Waals surface area contributed by atoms with Crippen LogP contribution in [-0.4, -0.2) is 36.8 Å². The zero-order valence-electron chi connectivity index (χ0n) is 15.3. The third-order valence-electron chi connectivity index (χ3n) is 4.44. The summed E-state index contributed by atoms with van der Waals surface area (Å²) >= 11 is 0. The first-order valence-electron chi connectivity index (χ1n) is 8.72. The van der Waals surface area contributed by atoms with E-state index in [-0.39, 0.29) is 18.0 Å². The molecule has 0 aliphatic heterocycles. The van der Waals surface area contributed by atoms with Crippen molar-refractivity contribution >= 4 is 16.9 Å². The molecule has 0 bridgehead atoms. The van der Waals surface area contributed by atoms with Crippen LogP contribution in [0.4, 0.5) is 8.78 Å².